The molecular formula is C40H52BrN3O5. The van der Waals surface area contributed by atoms with Gasteiger partial charge < -0.3 is 24.5 Å². The van der Waals surface area contributed by atoms with E-state index >= 15 is 9.59 Å². The van der Waals surface area contributed by atoms with E-state index in [1.807, 2.05) is 79.4 Å². The van der Waals surface area contributed by atoms with Crippen LogP contribution in [-0.2, 0) is 32.1 Å². The number of amides is 3. The van der Waals surface area contributed by atoms with Gasteiger partial charge in [0.15, 0.2) is 0 Å². The molecule has 3 amide bonds. The fourth-order valence-electron chi connectivity index (χ4n) is 8.87. The van der Waals surface area contributed by atoms with E-state index in [9.17, 15) is 9.90 Å². The molecule has 0 aliphatic carbocycles. The molecule has 0 aromatic heterocycles. The first-order chi connectivity index (χ1) is 23.2. The molecule has 3 aliphatic rings. The van der Waals surface area contributed by atoms with Gasteiger partial charge in [-0.05, 0) is 49.7 Å². The van der Waals surface area contributed by atoms with Gasteiger partial charge in [-0.1, -0.05) is 110 Å². The number of halogens is 1. The number of benzene rings is 2. The summed E-state index contributed by atoms with van der Waals surface area (Å²) >= 11 is 3.83. The van der Waals surface area contributed by atoms with Gasteiger partial charge in [0, 0.05) is 30.0 Å². The lowest BCUT2D eigenvalue weighted by atomic mass is 9.70. The third kappa shape index (κ3) is 7.17. The van der Waals surface area contributed by atoms with Crippen molar-refractivity contribution in [2.75, 3.05) is 19.7 Å². The Balaban J connectivity index is 1.62. The number of likely N-dealkylation sites (tertiary alicyclic amines) is 1. The highest BCUT2D eigenvalue weighted by molar-refractivity contribution is 9.09. The SMILES string of the molecule is C=CCN(Cc1ccccc1)C(=O)[C@H]1[C@H]2C(=O)N([C@@H](CO)Cc3ccccc3)C(C(=O)N(CC=C)C(C)(C)CC(C)(C)C)C23CC(Br)[C@@H]1O3. The summed E-state index contributed by atoms with van der Waals surface area (Å²) in [6.07, 6.45) is 4.24. The molecule has 49 heavy (non-hydrogen) atoms. The van der Waals surface area contributed by atoms with E-state index in [-0.39, 0.29) is 41.1 Å². The van der Waals surface area contributed by atoms with Crippen LogP contribution in [0.4, 0.5) is 0 Å². The Morgan fingerprint density at radius 2 is 1.59 bits per heavy atom. The number of carbonyl (C=O) groups is 3. The minimum atomic E-state index is -1.26. The largest absolute Gasteiger partial charge is 0.394 e. The van der Waals surface area contributed by atoms with Crippen molar-refractivity contribution in [2.24, 2.45) is 17.3 Å². The van der Waals surface area contributed by atoms with Crippen LogP contribution in [0.2, 0.25) is 0 Å². The first kappa shape index (κ1) is 37.0. The summed E-state index contributed by atoms with van der Waals surface area (Å²) in [6, 6.07) is 17.6. The third-order valence-electron chi connectivity index (χ3n) is 10.3. The summed E-state index contributed by atoms with van der Waals surface area (Å²) in [4.78, 5) is 49.9. The number of rotatable bonds is 14. The maximum atomic E-state index is 15.3. The molecular weight excluding hydrogens is 682 g/mol. The highest BCUT2D eigenvalue weighted by Gasteiger charge is 2.77. The Morgan fingerprint density at radius 1 is 1.00 bits per heavy atom. The van der Waals surface area contributed by atoms with Crippen LogP contribution in [0.25, 0.3) is 0 Å². The summed E-state index contributed by atoms with van der Waals surface area (Å²) in [6.45, 7) is 19.0. The van der Waals surface area contributed by atoms with Crippen LogP contribution in [0.3, 0.4) is 0 Å². The Kier molecular flexibility index (Phi) is 11.0. The zero-order valence-corrected chi connectivity index (χ0v) is 31.1. The highest BCUT2D eigenvalue weighted by atomic mass is 79.9. The maximum absolute atomic E-state index is 15.3. The number of carbonyl (C=O) groups excluding carboxylic acids is 3. The number of hydrogen-bond donors (Lipinski definition) is 1. The topological polar surface area (TPSA) is 90.4 Å². The molecule has 1 N–H and O–H groups in total. The van der Waals surface area contributed by atoms with E-state index in [4.69, 9.17) is 4.74 Å². The minimum Gasteiger partial charge on any atom is -0.394 e. The molecule has 1 spiro atoms. The summed E-state index contributed by atoms with van der Waals surface area (Å²) in [5.74, 6) is -2.49. The Labute approximate surface area is 300 Å². The van der Waals surface area contributed by atoms with E-state index in [1.165, 1.54) is 0 Å². The van der Waals surface area contributed by atoms with Crippen LogP contribution in [0, 0.1) is 17.3 Å². The second-order valence-corrected chi connectivity index (χ2v) is 16.9. The van der Waals surface area contributed by atoms with E-state index < -0.39 is 41.2 Å². The van der Waals surface area contributed by atoms with Crippen molar-refractivity contribution in [3.05, 3.63) is 97.1 Å². The van der Waals surface area contributed by atoms with Crippen LogP contribution in [0.5, 0.6) is 0 Å². The van der Waals surface area contributed by atoms with Gasteiger partial charge in [0.2, 0.25) is 17.7 Å². The Bertz CT molecular complexity index is 1530. The quantitative estimate of drug-likeness (QED) is 0.197. The van der Waals surface area contributed by atoms with E-state index in [0.29, 0.717) is 32.4 Å². The van der Waals surface area contributed by atoms with Crippen LogP contribution >= 0.6 is 15.9 Å². The molecule has 2 bridgehead atoms. The molecule has 0 radical (unpaired) electrons. The lowest BCUT2D eigenvalue weighted by molar-refractivity contribution is -0.155. The molecule has 264 valence electrons. The van der Waals surface area contributed by atoms with Crippen molar-refractivity contribution in [2.45, 2.75) is 94.6 Å². The van der Waals surface area contributed by atoms with Gasteiger partial charge in [0.1, 0.15) is 11.6 Å². The van der Waals surface area contributed by atoms with Crippen molar-refractivity contribution in [3.63, 3.8) is 0 Å². The number of ether oxygens (including phenoxy) is 1. The van der Waals surface area contributed by atoms with Crippen LogP contribution in [0.15, 0.2) is 86.0 Å². The van der Waals surface area contributed by atoms with Crippen molar-refractivity contribution < 1.29 is 24.2 Å². The first-order valence-corrected chi connectivity index (χ1v) is 18.3. The minimum absolute atomic E-state index is 0.0930. The average molecular weight is 735 g/mol. The smallest absolute Gasteiger partial charge is 0.249 e. The number of aliphatic hydroxyl groups excluding tert-OH is 1. The fraction of sp³-hybridized carbons (Fsp3) is 0.525. The summed E-state index contributed by atoms with van der Waals surface area (Å²) in [7, 11) is 0. The molecule has 2 aromatic rings. The number of hydrogen-bond acceptors (Lipinski definition) is 5. The number of fused-ring (bicyclic) bond motifs is 1. The van der Waals surface area contributed by atoms with Crippen LogP contribution in [0.1, 0.15) is 58.6 Å². The van der Waals surface area contributed by atoms with Gasteiger partial charge >= 0.3 is 0 Å². The van der Waals surface area contributed by atoms with Crippen molar-refractivity contribution in [1.29, 1.82) is 0 Å². The highest BCUT2D eigenvalue weighted by Crippen LogP contribution is 2.61. The number of alkyl halides is 1. The zero-order valence-electron chi connectivity index (χ0n) is 29.6. The van der Waals surface area contributed by atoms with Crippen LogP contribution in [-0.4, -0.2) is 91.4 Å². The van der Waals surface area contributed by atoms with Crippen molar-refractivity contribution in [3.8, 4) is 0 Å². The predicted octanol–water partition coefficient (Wildman–Crippen LogP) is 5.78. The van der Waals surface area contributed by atoms with Gasteiger partial charge in [-0.25, -0.2) is 0 Å². The monoisotopic (exact) mass is 733 g/mol. The predicted molar refractivity (Wildman–Crippen MR) is 196 cm³/mol. The van der Waals surface area contributed by atoms with Crippen LogP contribution < -0.4 is 0 Å². The molecule has 0 saturated carbocycles. The number of nitrogens with zero attached hydrogens (tertiary/aromatic N) is 3. The standard InChI is InChI=1S/C40H52BrN3O5/c1-8-20-42(24-28-18-14-11-15-19-28)35(46)31-32-36(47)44(29(25-45)22-27-16-12-10-13-17-27)34(40(32)23-30(41)33(31)49-40)37(48)43(21-9-2)39(6,7)26-38(3,4)5/h8-19,29-34,45H,1-2,20-26H2,3-7H3/t29-,30?,31+,32+,33+,34?,40?/m1/s1. The zero-order chi connectivity index (χ0) is 35.7. The molecule has 2 aromatic carbocycles. The second kappa shape index (κ2) is 14.5. The molecule has 3 aliphatic heterocycles. The van der Waals surface area contributed by atoms with Gasteiger partial charge in [0.25, 0.3) is 0 Å². The summed E-state index contributed by atoms with van der Waals surface area (Å²) in [5.41, 5.74) is -0.0612. The van der Waals surface area contributed by atoms with Gasteiger partial charge in [-0.15, -0.1) is 13.2 Å². The van der Waals surface area contributed by atoms with Gasteiger partial charge in [-0.2, -0.15) is 0 Å². The third-order valence-corrected chi connectivity index (χ3v) is 11.2. The fourth-order valence-corrected chi connectivity index (χ4v) is 9.81. The van der Waals surface area contributed by atoms with E-state index in [2.05, 4.69) is 49.9 Å². The van der Waals surface area contributed by atoms with E-state index in [0.717, 1.165) is 11.1 Å². The molecule has 3 saturated heterocycles. The lowest BCUT2D eigenvalue weighted by Gasteiger charge is -2.46. The molecule has 9 heteroatoms. The van der Waals surface area contributed by atoms with E-state index in [1.54, 1.807) is 22.0 Å². The average Bonchev–Trinajstić information content (AvgIpc) is 3.64. The van der Waals surface area contributed by atoms with Crippen molar-refractivity contribution >= 4 is 33.7 Å². The summed E-state index contributed by atoms with van der Waals surface area (Å²) < 4.78 is 6.89. The molecule has 8 nitrogen and oxygen atoms in total. The molecule has 3 unspecified atom stereocenters. The molecule has 7 atom stereocenters. The first-order valence-electron chi connectivity index (χ1n) is 17.3. The normalized spacial score (nSPS) is 26.7. The lowest BCUT2D eigenvalue weighted by Crippen LogP contribution is -2.63. The Hall–Kier alpha value is -3.27. The number of aliphatic hydroxyl groups is 1. The van der Waals surface area contributed by atoms with Gasteiger partial charge in [-0.3, -0.25) is 14.4 Å². The summed E-state index contributed by atoms with van der Waals surface area (Å²) in [5, 5.41) is 10.9. The second-order valence-electron chi connectivity index (χ2n) is 15.7. The molecule has 5 rings (SSSR count). The van der Waals surface area contributed by atoms with Gasteiger partial charge in [0.05, 0.1) is 30.6 Å². The Morgan fingerprint density at radius 3 is 2.14 bits per heavy atom. The molecule has 3 heterocycles. The maximum Gasteiger partial charge on any atom is 0.249 e. The van der Waals surface area contributed by atoms with Crippen molar-refractivity contribution in [1.82, 2.24) is 14.7 Å². The molecule has 3 fully saturated rings.